The quantitative estimate of drug-likeness (QED) is 0.378. The van der Waals surface area contributed by atoms with Gasteiger partial charge >= 0.3 is 0 Å². The maximum atomic E-state index is 13.0. The van der Waals surface area contributed by atoms with Crippen LogP contribution in [-0.2, 0) is 0 Å². The lowest BCUT2D eigenvalue weighted by atomic mass is 10.2. The number of hydrogen-bond donors (Lipinski definition) is 4. The number of hydrogen-bond acceptors (Lipinski definition) is 6. The Bertz CT molecular complexity index is 1330. The van der Waals surface area contributed by atoms with Gasteiger partial charge in [0.05, 0.1) is 6.33 Å². The summed E-state index contributed by atoms with van der Waals surface area (Å²) in [6.45, 7) is 3.98. The van der Waals surface area contributed by atoms with E-state index in [-0.39, 0.29) is 11.4 Å². The molecule has 4 N–H and O–H groups in total. The monoisotopic (exact) mass is 443 g/mol. The number of amides is 1. The van der Waals surface area contributed by atoms with E-state index in [1.807, 2.05) is 54.7 Å². The maximum absolute atomic E-state index is 13.0. The van der Waals surface area contributed by atoms with E-state index in [9.17, 15) is 9.59 Å². The first-order chi connectivity index (χ1) is 16.1. The summed E-state index contributed by atoms with van der Waals surface area (Å²) in [5.41, 5.74) is 2.82. The number of carbonyl (C=O) groups excluding carboxylic acids is 1. The zero-order valence-electron chi connectivity index (χ0n) is 18.3. The first-order valence-corrected chi connectivity index (χ1v) is 10.8. The van der Waals surface area contributed by atoms with Gasteiger partial charge in [0.15, 0.2) is 5.82 Å². The Labute approximate surface area is 190 Å². The van der Waals surface area contributed by atoms with E-state index in [1.54, 1.807) is 0 Å². The van der Waals surface area contributed by atoms with Crippen molar-refractivity contribution >= 4 is 39.7 Å². The molecule has 2 aromatic carbocycles. The first kappa shape index (κ1) is 20.8. The first-order valence-electron chi connectivity index (χ1n) is 10.8. The minimum absolute atomic E-state index is 0.0758. The second kappa shape index (κ2) is 8.79. The Morgan fingerprint density at radius 3 is 2.58 bits per heavy atom. The van der Waals surface area contributed by atoms with Crippen LogP contribution in [0, 0.1) is 0 Å². The minimum atomic E-state index is -0.527. The number of benzene rings is 2. The number of H-pyrrole nitrogens is 2. The number of aromatic amines is 2. The summed E-state index contributed by atoms with van der Waals surface area (Å²) >= 11 is 0. The van der Waals surface area contributed by atoms with Crippen molar-refractivity contribution in [3.05, 3.63) is 77.0 Å². The third kappa shape index (κ3) is 4.31. The molecule has 1 aliphatic rings. The highest BCUT2D eigenvalue weighted by Crippen LogP contribution is 2.26. The van der Waals surface area contributed by atoms with Gasteiger partial charge in [0.1, 0.15) is 5.56 Å². The molecule has 9 heteroatoms. The maximum Gasteiger partial charge on any atom is 0.265 e. The number of anilines is 4. The number of nitrogens with one attached hydrogen (secondary N) is 4. The van der Waals surface area contributed by atoms with Gasteiger partial charge in [-0.1, -0.05) is 6.07 Å². The number of aromatic nitrogens is 3. The number of likely N-dealkylation sites (N-methyl/N-ethyl adjacent to an activating group) is 1. The van der Waals surface area contributed by atoms with Gasteiger partial charge in [0, 0.05) is 60.3 Å². The van der Waals surface area contributed by atoms with Crippen LogP contribution in [0.3, 0.4) is 0 Å². The predicted molar refractivity (Wildman–Crippen MR) is 131 cm³/mol. The molecule has 2 aromatic heterocycles. The number of piperazine rings is 1. The summed E-state index contributed by atoms with van der Waals surface area (Å²) < 4.78 is 0. The molecule has 0 bridgehead atoms. The van der Waals surface area contributed by atoms with Crippen LogP contribution in [0.1, 0.15) is 10.4 Å². The molecule has 9 nitrogen and oxygen atoms in total. The van der Waals surface area contributed by atoms with Crippen molar-refractivity contribution < 1.29 is 4.79 Å². The zero-order chi connectivity index (χ0) is 22.8. The molecule has 1 aliphatic heterocycles. The third-order valence-corrected chi connectivity index (χ3v) is 5.92. The Balaban J connectivity index is 1.36. The van der Waals surface area contributed by atoms with Gasteiger partial charge in [-0.2, -0.15) is 0 Å². The van der Waals surface area contributed by atoms with Gasteiger partial charge in [0.2, 0.25) is 0 Å². The van der Waals surface area contributed by atoms with Gasteiger partial charge in [-0.25, -0.2) is 4.98 Å². The topological polar surface area (TPSA) is 109 Å². The van der Waals surface area contributed by atoms with Crippen molar-refractivity contribution in [2.24, 2.45) is 0 Å². The van der Waals surface area contributed by atoms with Crippen LogP contribution >= 0.6 is 0 Å². The van der Waals surface area contributed by atoms with Gasteiger partial charge in [-0.05, 0) is 49.5 Å². The molecule has 1 saturated heterocycles. The lowest BCUT2D eigenvalue weighted by Crippen LogP contribution is -2.44. The summed E-state index contributed by atoms with van der Waals surface area (Å²) in [6.07, 6.45) is 3.12. The SMILES string of the molecule is CN1CCN(c2ccc(NC(=O)c3c(Nc4cccc5[nH]ccc45)nc[nH]c3=O)cc2)CC1. The van der Waals surface area contributed by atoms with Gasteiger partial charge in [0.25, 0.3) is 11.5 Å². The van der Waals surface area contributed by atoms with Crippen molar-refractivity contribution in [2.75, 3.05) is 48.8 Å². The molecule has 4 aromatic rings. The van der Waals surface area contributed by atoms with Gasteiger partial charge in [-0.15, -0.1) is 0 Å². The lowest BCUT2D eigenvalue weighted by molar-refractivity contribution is 0.102. The van der Waals surface area contributed by atoms with Crippen LogP contribution in [-0.4, -0.2) is 59.0 Å². The Morgan fingerprint density at radius 1 is 1.00 bits per heavy atom. The summed E-state index contributed by atoms with van der Waals surface area (Å²) in [7, 11) is 2.12. The highest BCUT2D eigenvalue weighted by atomic mass is 16.2. The average Bonchev–Trinajstić information content (AvgIpc) is 3.30. The molecular weight excluding hydrogens is 418 g/mol. The fourth-order valence-corrected chi connectivity index (χ4v) is 4.04. The normalized spacial score (nSPS) is 14.4. The van der Waals surface area contributed by atoms with Crippen LogP contribution in [0.25, 0.3) is 10.9 Å². The molecule has 33 heavy (non-hydrogen) atoms. The van der Waals surface area contributed by atoms with Crippen molar-refractivity contribution in [2.45, 2.75) is 0 Å². The summed E-state index contributed by atoms with van der Waals surface area (Å²) in [5, 5.41) is 6.90. The van der Waals surface area contributed by atoms with E-state index < -0.39 is 11.5 Å². The number of carbonyl (C=O) groups is 1. The van der Waals surface area contributed by atoms with E-state index in [1.165, 1.54) is 6.33 Å². The van der Waals surface area contributed by atoms with Crippen LogP contribution in [0.5, 0.6) is 0 Å². The molecule has 5 rings (SSSR count). The van der Waals surface area contributed by atoms with Crippen molar-refractivity contribution in [3.63, 3.8) is 0 Å². The second-order valence-corrected chi connectivity index (χ2v) is 8.12. The lowest BCUT2D eigenvalue weighted by Gasteiger charge is -2.34. The fourth-order valence-electron chi connectivity index (χ4n) is 4.04. The summed E-state index contributed by atoms with van der Waals surface area (Å²) in [5.74, 6) is -0.334. The van der Waals surface area contributed by atoms with E-state index in [4.69, 9.17) is 0 Å². The Hall–Kier alpha value is -4.11. The summed E-state index contributed by atoms with van der Waals surface area (Å²) in [4.78, 5) is 40.1. The largest absolute Gasteiger partial charge is 0.369 e. The molecule has 3 heterocycles. The van der Waals surface area contributed by atoms with Crippen molar-refractivity contribution in [1.29, 1.82) is 0 Å². The number of nitrogens with zero attached hydrogens (tertiary/aromatic N) is 3. The summed E-state index contributed by atoms with van der Waals surface area (Å²) in [6, 6.07) is 15.3. The molecule has 1 fully saturated rings. The second-order valence-electron chi connectivity index (χ2n) is 8.12. The number of rotatable bonds is 5. The van der Waals surface area contributed by atoms with E-state index in [0.717, 1.165) is 48.5 Å². The van der Waals surface area contributed by atoms with Gasteiger partial charge < -0.3 is 30.4 Å². The molecule has 0 radical (unpaired) electrons. The zero-order valence-corrected chi connectivity index (χ0v) is 18.3. The standard InChI is InChI=1S/C24H25N7O2/c1-30-11-13-31(14-12-30)17-7-5-16(6-8-17)28-24(33)21-22(26-15-27-23(21)32)29-20-4-2-3-19-18(20)9-10-25-19/h2-10,15,25H,11-14H2,1H3,(H,28,33)(H2,26,27,29,32). The van der Waals surface area contributed by atoms with Crippen LogP contribution in [0.4, 0.5) is 22.9 Å². The fraction of sp³-hybridized carbons (Fsp3) is 0.208. The molecule has 168 valence electrons. The molecule has 1 amide bonds. The molecule has 0 aliphatic carbocycles. The Morgan fingerprint density at radius 2 is 1.79 bits per heavy atom. The van der Waals surface area contributed by atoms with Crippen LogP contribution < -0.4 is 21.1 Å². The highest BCUT2D eigenvalue weighted by Gasteiger charge is 2.19. The highest BCUT2D eigenvalue weighted by molar-refractivity contribution is 6.08. The van der Waals surface area contributed by atoms with E-state index in [2.05, 4.69) is 42.4 Å². The van der Waals surface area contributed by atoms with E-state index in [0.29, 0.717) is 5.69 Å². The van der Waals surface area contributed by atoms with Gasteiger partial charge in [-0.3, -0.25) is 9.59 Å². The van der Waals surface area contributed by atoms with Crippen LogP contribution in [0.15, 0.2) is 65.8 Å². The molecular formula is C24H25N7O2. The predicted octanol–water partition coefficient (Wildman–Crippen LogP) is 3.00. The van der Waals surface area contributed by atoms with Crippen LogP contribution in [0.2, 0.25) is 0 Å². The molecule has 0 atom stereocenters. The van der Waals surface area contributed by atoms with E-state index >= 15 is 0 Å². The minimum Gasteiger partial charge on any atom is -0.369 e. The smallest absolute Gasteiger partial charge is 0.265 e. The molecule has 0 spiro atoms. The van der Waals surface area contributed by atoms with Crippen molar-refractivity contribution in [1.82, 2.24) is 19.9 Å². The molecule has 0 saturated carbocycles. The average molecular weight is 444 g/mol. The number of fused-ring (bicyclic) bond motifs is 1. The Kier molecular flexibility index (Phi) is 5.54. The third-order valence-electron chi connectivity index (χ3n) is 5.92. The molecule has 0 unspecified atom stereocenters. The van der Waals surface area contributed by atoms with Crippen molar-refractivity contribution in [3.8, 4) is 0 Å².